The highest BCUT2D eigenvalue weighted by Gasteiger charge is 2.40. The van der Waals surface area contributed by atoms with E-state index in [9.17, 15) is 62.2 Å². The number of fused-ring (bicyclic) bond motifs is 9. The molecule has 0 aliphatic carbocycles. The molecule has 5 aromatic rings. The van der Waals surface area contributed by atoms with Gasteiger partial charge in [0, 0.05) is 132 Å². The number of para-hydroxylation sites is 1. The Morgan fingerprint density at radius 3 is 1.80 bits per heavy atom. The van der Waals surface area contributed by atoms with Gasteiger partial charge in [0.25, 0.3) is 0 Å². The van der Waals surface area contributed by atoms with Crippen LogP contribution in [-0.4, -0.2) is 296 Å². The SMILES string of the molecule is C[C@@H](NC(=O)[C@@H]1CSCCCN2CN3CN(C2)C(=O)CCSC[C@H](N)C(=O)N(C)[C@@H](C)C(=O)N[C@H](Cc2cccc4ccccc24)C(=O)N[C@H](CC(C)(C)C)C(=O)N[C@@H](CCC(N)=O)C(=O)N[C@H](CC(=O)O)C(=O)C[C@@H](CSCCC3=O)C(=O)N[C@@H](Cc2cn(C)c3ccccc23)C(=O)N[C@@H](CCCCC(=N)N(C)C)C(=O)NCC(=O)N[C@@H](Cc2ccc(F)cc2)C(=O)N1)C(N)=O. The third kappa shape index (κ3) is 32.9. The number of primary amides is 2. The van der Waals surface area contributed by atoms with Crippen molar-refractivity contribution in [3.05, 3.63) is 120 Å². The predicted molar refractivity (Wildman–Crippen MR) is 498 cm³/mol. The topological polar surface area (TPSA) is 554 Å². The van der Waals surface area contributed by atoms with Gasteiger partial charge in [0.15, 0.2) is 5.78 Å². The summed E-state index contributed by atoms with van der Waals surface area (Å²) >= 11 is 3.37. The van der Waals surface area contributed by atoms with Crippen molar-refractivity contribution in [3.8, 4) is 0 Å². The Morgan fingerprint density at radius 1 is 0.606 bits per heavy atom. The number of hydrogen-bond donors (Lipinski definition) is 15. The summed E-state index contributed by atoms with van der Waals surface area (Å²) in [6.07, 6.45) is -1.87. The fraction of sp³-hybridized carbons (Fsp3) is 0.533. The second-order valence-corrected chi connectivity index (χ2v) is 38.3. The van der Waals surface area contributed by atoms with Crippen molar-refractivity contribution in [3.63, 3.8) is 0 Å². The molecular formula is C90H125FN20O18S3. The molecule has 0 radical (unpaired) electrons. The van der Waals surface area contributed by atoms with Gasteiger partial charge < -0.3 is 99.6 Å². The Kier molecular flexibility index (Phi) is 40.6. The molecular weight excluding hydrogens is 1760 g/mol. The summed E-state index contributed by atoms with van der Waals surface area (Å²) in [4.78, 5) is 254. The molecule has 3 aliphatic rings. The fourth-order valence-corrected chi connectivity index (χ4v) is 18.1. The molecule has 0 saturated carbocycles. The quantitative estimate of drug-likeness (QED) is 0.0290. The lowest BCUT2D eigenvalue weighted by molar-refractivity contribution is -0.151. The molecule has 18 N–H and O–H groups in total. The van der Waals surface area contributed by atoms with E-state index >= 15 is 28.8 Å². The maximum atomic E-state index is 15.7. The van der Waals surface area contributed by atoms with Gasteiger partial charge in [-0.15, -0.1) is 0 Å². The lowest BCUT2D eigenvalue weighted by atomic mass is 9.87. The maximum Gasteiger partial charge on any atom is 0.305 e. The predicted octanol–water partition coefficient (Wildman–Crippen LogP) is 0.751. The van der Waals surface area contributed by atoms with Crippen molar-refractivity contribution in [1.82, 2.24) is 82.2 Å². The van der Waals surface area contributed by atoms with Crippen LogP contribution in [0.2, 0.25) is 0 Å². The zero-order chi connectivity index (χ0) is 96.8. The number of hydrogen-bond acceptors (Lipinski definition) is 23. The molecule has 38 nitrogen and oxygen atoms in total. The van der Waals surface area contributed by atoms with E-state index in [2.05, 4.69) is 53.2 Å². The van der Waals surface area contributed by atoms with Crippen LogP contribution < -0.4 is 70.4 Å². The van der Waals surface area contributed by atoms with Gasteiger partial charge in [0.1, 0.15) is 60.2 Å². The van der Waals surface area contributed by atoms with Gasteiger partial charge in [-0.2, -0.15) is 35.3 Å². The molecule has 4 heterocycles. The Hall–Kier alpha value is -11.8. The van der Waals surface area contributed by atoms with Gasteiger partial charge in [-0.3, -0.25) is 91.8 Å². The largest absolute Gasteiger partial charge is 0.481 e. The number of amides is 15. The first-order chi connectivity index (χ1) is 62.5. The number of nitrogens with two attached hydrogens (primary N) is 3. The first-order valence-electron chi connectivity index (χ1n) is 43.9. The van der Waals surface area contributed by atoms with E-state index in [4.69, 9.17) is 22.6 Å². The number of halogens is 1. The Balaban J connectivity index is 1.23. The number of carbonyl (C=O) groups excluding carboxylic acids is 16. The van der Waals surface area contributed by atoms with Crippen LogP contribution in [-0.2, 0) is 108 Å². The van der Waals surface area contributed by atoms with E-state index in [-0.39, 0.29) is 125 Å². The molecule has 15 amide bonds. The molecule has 132 heavy (non-hydrogen) atoms. The van der Waals surface area contributed by atoms with Crippen LogP contribution in [0.1, 0.15) is 128 Å². The third-order valence-corrected chi connectivity index (χ3v) is 26.2. The van der Waals surface area contributed by atoms with E-state index in [0.29, 0.717) is 45.8 Å². The van der Waals surface area contributed by atoms with Crippen molar-refractivity contribution >= 4 is 163 Å². The van der Waals surface area contributed by atoms with E-state index in [0.717, 1.165) is 34.2 Å². The van der Waals surface area contributed by atoms with Crippen LogP contribution in [0.15, 0.2) is 97.2 Å². The van der Waals surface area contributed by atoms with Gasteiger partial charge >= 0.3 is 5.97 Å². The minimum atomic E-state index is -2.02. The first kappa shape index (κ1) is 106. The summed E-state index contributed by atoms with van der Waals surface area (Å²) in [6.45, 7) is 7.12. The van der Waals surface area contributed by atoms with Crippen molar-refractivity contribution in [2.45, 2.75) is 197 Å². The molecule has 3 aliphatic heterocycles. The molecule has 0 spiro atoms. The summed E-state index contributed by atoms with van der Waals surface area (Å²) in [6, 6.07) is 7.99. The number of aliphatic carboxylic acids is 1. The molecule has 1 unspecified atom stereocenters. The first-order valence-corrected chi connectivity index (χ1v) is 47.3. The number of likely N-dealkylation sites (N-methyl/N-ethyl adjacent to an activating group) is 1. The average Bonchev–Trinajstić information content (AvgIpc) is 1.59. The Bertz CT molecular complexity index is 4990. The minimum absolute atomic E-state index is 0.00525. The number of nitrogens with one attached hydrogen (secondary N) is 11. The maximum absolute atomic E-state index is 15.7. The van der Waals surface area contributed by atoms with Crippen molar-refractivity contribution in [2.75, 3.05) is 88.8 Å². The summed E-state index contributed by atoms with van der Waals surface area (Å²) in [5, 5.41) is 47.8. The number of aromatic nitrogens is 1. The van der Waals surface area contributed by atoms with E-state index < -0.39 is 216 Å². The molecule has 3 saturated heterocycles. The standard InChI is InChI=1S/C90H125FN20O18S3/c1-52(79(95)119)97-88(128)70-48-130-35-17-34-109-49-110-51-111(50-109)77(116)33-37-132-47-62(92)89(129)108(9)53(2)80(120)102-67(39-56-20-16-19-55-18-10-11-21-60(55)56)86(126)104-69(43-90(3,4)5)87(127)100-64(30-31-74(94)113)83(123)101-65(42-78(117)118)72(112)41-58(46-131-36-32-76(110)115)81(121)103-68(40-57-45-107(8)71-24-14-12-22-61(57)71)85(125)99-63(23-13-15-25-73(93)106(6)7)82(122)96-44-75(114)98-66(84(124)105-70)38-54-26-28-59(91)29-27-54/h10-12,14,16,18-22,24,26-29,45,52-53,58,62-70,93H,13,15,17,23,25,30-44,46-51,92H2,1-9H3,(H2,94,113)(H2,95,119)(H,96,122)(H,97,128)(H,98,114)(H,99,125)(H,100,127)(H,101,123)(H,102,120)(H,103,121)(H,104,126)(H,105,124)(H,117,118)/t52-,53+,58+,62+,63+,64+,65-,66+,67-,68+,69-,70+/m1/s1. The number of thioether (sulfide) groups is 3. The molecule has 13 atom stereocenters. The number of amidine groups is 1. The Morgan fingerprint density at radius 2 is 1.16 bits per heavy atom. The van der Waals surface area contributed by atoms with Gasteiger partial charge in [-0.05, 0) is 103 Å². The molecule has 8 rings (SSSR count). The molecule has 42 heteroatoms. The second-order valence-electron chi connectivity index (χ2n) is 34.9. The number of ketones is 1. The van der Waals surface area contributed by atoms with Crippen LogP contribution in [0.4, 0.5) is 4.39 Å². The summed E-state index contributed by atoms with van der Waals surface area (Å²) in [5.41, 5.74) is 19.1. The number of aryl methyl sites for hydroxylation is 1. The molecule has 3 fully saturated rings. The number of carboxylic acids is 1. The molecule has 4 bridgehead atoms. The minimum Gasteiger partial charge on any atom is -0.481 e. The number of carbonyl (C=O) groups is 17. The number of benzene rings is 4. The van der Waals surface area contributed by atoms with E-state index in [1.54, 1.807) is 94.0 Å². The lowest BCUT2D eigenvalue weighted by Gasteiger charge is -2.42. The molecule has 4 aromatic carbocycles. The van der Waals surface area contributed by atoms with Crippen LogP contribution in [0.25, 0.3) is 21.7 Å². The second kappa shape index (κ2) is 50.8. The number of Topliss-reactive ketones (excluding diaryl/α,β-unsaturated/α-hetero) is 1. The van der Waals surface area contributed by atoms with Gasteiger partial charge in [-0.1, -0.05) is 100.0 Å². The highest BCUT2D eigenvalue weighted by molar-refractivity contribution is 7.99. The van der Waals surface area contributed by atoms with Crippen molar-refractivity contribution in [1.29, 1.82) is 5.41 Å². The summed E-state index contributed by atoms with van der Waals surface area (Å²) in [7, 11) is 6.45. The number of carboxylic acid groups (broad SMARTS) is 1. The van der Waals surface area contributed by atoms with Crippen LogP contribution >= 0.6 is 35.3 Å². The lowest BCUT2D eigenvalue weighted by Crippen LogP contribution is -2.60. The number of unbranched alkanes of at least 4 members (excludes halogenated alkanes) is 1. The highest BCUT2D eigenvalue weighted by Crippen LogP contribution is 2.28. The van der Waals surface area contributed by atoms with E-state index in [1.165, 1.54) is 66.4 Å². The zero-order valence-corrected chi connectivity index (χ0v) is 78.4. The fourth-order valence-electron chi connectivity index (χ4n) is 15.2. The normalized spacial score (nSPS) is 24.0. The van der Waals surface area contributed by atoms with Gasteiger partial charge in [0.05, 0.1) is 56.8 Å². The summed E-state index contributed by atoms with van der Waals surface area (Å²) < 4.78 is 16.2. The smallest absolute Gasteiger partial charge is 0.305 e. The van der Waals surface area contributed by atoms with E-state index in [1.807, 2.05) is 35.2 Å². The highest BCUT2D eigenvalue weighted by atomic mass is 32.2. The van der Waals surface area contributed by atoms with Gasteiger partial charge in [0.2, 0.25) is 88.6 Å². The van der Waals surface area contributed by atoms with Crippen molar-refractivity contribution in [2.24, 2.45) is 35.6 Å². The number of rotatable bonds is 20. The zero-order valence-electron chi connectivity index (χ0n) is 76.0. The van der Waals surface area contributed by atoms with Gasteiger partial charge in [-0.25, -0.2) is 4.39 Å². The Labute approximate surface area is 778 Å². The monoisotopic (exact) mass is 1890 g/mol. The molecule has 718 valence electrons. The summed E-state index contributed by atoms with van der Waals surface area (Å²) in [5.74, 6) is -17.9. The number of nitrogens with zero attached hydrogens (tertiary/aromatic N) is 6. The van der Waals surface area contributed by atoms with Crippen LogP contribution in [0.3, 0.4) is 0 Å². The third-order valence-electron chi connectivity index (χ3n) is 22.8. The molecule has 1 aromatic heterocycles. The van der Waals surface area contributed by atoms with Crippen molar-refractivity contribution < 1.29 is 91.0 Å². The van der Waals surface area contributed by atoms with Crippen LogP contribution in [0, 0.1) is 22.6 Å². The van der Waals surface area contributed by atoms with Crippen LogP contribution in [0.5, 0.6) is 0 Å². The average molecular weight is 1890 g/mol.